The van der Waals surface area contributed by atoms with Gasteiger partial charge in [-0.3, -0.25) is 19.3 Å². The minimum absolute atomic E-state index is 0.130. The third kappa shape index (κ3) is 10.5. The van der Waals surface area contributed by atoms with Crippen molar-refractivity contribution in [2.24, 2.45) is 10.2 Å². The lowest BCUT2D eigenvalue weighted by atomic mass is 10.2. The molecule has 0 saturated carbocycles. The van der Waals surface area contributed by atoms with E-state index in [0.29, 0.717) is 16.8 Å². The molecule has 33 heavy (non-hydrogen) atoms. The molecule has 0 spiro atoms. The van der Waals surface area contributed by atoms with Gasteiger partial charge in [-0.15, -0.1) is 0 Å². The largest absolute Gasteiger partial charge is 0.508 e. The van der Waals surface area contributed by atoms with Crippen molar-refractivity contribution in [2.45, 2.75) is 0 Å². The number of hydrogen-bond donors (Lipinski definition) is 6. The average Bonchev–Trinajstić information content (AvgIpc) is 2.73. The van der Waals surface area contributed by atoms with E-state index >= 15 is 0 Å². The van der Waals surface area contributed by atoms with E-state index in [1.54, 1.807) is 66.9 Å². The molecule has 1 amide bonds. The number of carbonyl (C=O) groups is 1. The number of phenols is 2. The number of nitrogens with zero attached hydrogens (tertiary/aromatic N) is 2. The van der Waals surface area contributed by atoms with Crippen molar-refractivity contribution in [3.63, 3.8) is 0 Å². The Hall–Kier alpha value is -4.26. The van der Waals surface area contributed by atoms with Crippen molar-refractivity contribution in [1.29, 1.82) is 0 Å². The van der Waals surface area contributed by atoms with Crippen LogP contribution >= 0.6 is 0 Å². The summed E-state index contributed by atoms with van der Waals surface area (Å²) in [5, 5.41) is 26.8. The molecule has 3 rings (SSSR count). The Morgan fingerprint density at radius 3 is 1.76 bits per heavy atom. The summed E-state index contributed by atoms with van der Waals surface area (Å²) in [7, 11) is -4.67. The molecule has 11 nitrogen and oxygen atoms in total. The summed E-state index contributed by atoms with van der Waals surface area (Å²) in [4.78, 5) is 12.1. The molecule has 172 valence electrons. The van der Waals surface area contributed by atoms with E-state index in [9.17, 15) is 15.0 Å². The highest BCUT2D eigenvalue weighted by Gasteiger charge is 2.03. The zero-order chi connectivity index (χ0) is 24.3. The number of rotatable bonds is 6. The molecular weight excluding hydrogens is 452 g/mol. The number of anilines is 1. The van der Waals surface area contributed by atoms with Crippen LogP contribution in [-0.4, -0.2) is 46.1 Å². The fourth-order valence-electron chi connectivity index (χ4n) is 2.32. The number of nitrogens with one attached hydrogen (secondary N) is 2. The van der Waals surface area contributed by atoms with Gasteiger partial charge in [-0.2, -0.15) is 18.6 Å². The van der Waals surface area contributed by atoms with Crippen LogP contribution in [0.2, 0.25) is 0 Å². The van der Waals surface area contributed by atoms with Gasteiger partial charge in [0.1, 0.15) is 11.5 Å². The number of phenolic OH excluding ortho intramolecular Hbond substituents is 2. The highest BCUT2D eigenvalue weighted by atomic mass is 32.3. The van der Waals surface area contributed by atoms with E-state index in [1.165, 1.54) is 12.3 Å². The van der Waals surface area contributed by atoms with Gasteiger partial charge >= 0.3 is 10.4 Å². The van der Waals surface area contributed by atoms with Crippen LogP contribution in [0.15, 0.2) is 83.0 Å². The molecule has 6 N–H and O–H groups in total. The van der Waals surface area contributed by atoms with Gasteiger partial charge in [0.15, 0.2) is 0 Å². The monoisotopic (exact) mass is 472 g/mol. The fraction of sp³-hybridized carbons (Fsp3) is 0. The van der Waals surface area contributed by atoms with Gasteiger partial charge in [0, 0.05) is 5.56 Å². The van der Waals surface area contributed by atoms with E-state index in [2.05, 4.69) is 21.1 Å². The lowest BCUT2D eigenvalue weighted by Gasteiger charge is -2.03. The average molecular weight is 472 g/mol. The number of benzene rings is 3. The number of hydrazone groups is 2. The summed E-state index contributed by atoms with van der Waals surface area (Å²) in [6, 6.07) is 20.0. The van der Waals surface area contributed by atoms with Gasteiger partial charge in [0.2, 0.25) is 0 Å². The third-order valence-corrected chi connectivity index (χ3v) is 3.67. The maximum atomic E-state index is 12.1. The molecule has 0 atom stereocenters. The first-order valence-corrected chi connectivity index (χ1v) is 10.5. The van der Waals surface area contributed by atoms with Gasteiger partial charge in [0.25, 0.3) is 5.91 Å². The van der Waals surface area contributed by atoms with Crippen molar-refractivity contribution in [3.05, 3.63) is 89.5 Å². The van der Waals surface area contributed by atoms with E-state index in [0.717, 1.165) is 5.56 Å². The molecule has 0 aliphatic rings. The topological polar surface area (TPSA) is 181 Å². The van der Waals surface area contributed by atoms with E-state index < -0.39 is 10.4 Å². The molecule has 0 radical (unpaired) electrons. The van der Waals surface area contributed by atoms with Crippen LogP contribution in [0.3, 0.4) is 0 Å². The zero-order valence-corrected chi connectivity index (χ0v) is 17.7. The second-order valence-corrected chi connectivity index (χ2v) is 7.18. The van der Waals surface area contributed by atoms with Crippen LogP contribution in [0.4, 0.5) is 5.69 Å². The molecule has 0 heterocycles. The van der Waals surface area contributed by atoms with Crippen LogP contribution < -0.4 is 10.9 Å². The number of amides is 1. The maximum absolute atomic E-state index is 12.1. The van der Waals surface area contributed by atoms with E-state index in [1.807, 2.05) is 6.07 Å². The zero-order valence-electron chi connectivity index (χ0n) is 16.9. The summed E-state index contributed by atoms with van der Waals surface area (Å²) < 4.78 is 31.6. The molecule has 3 aromatic carbocycles. The summed E-state index contributed by atoms with van der Waals surface area (Å²) in [5.41, 5.74) is 7.86. The van der Waals surface area contributed by atoms with Crippen molar-refractivity contribution in [3.8, 4) is 11.5 Å². The van der Waals surface area contributed by atoms with Crippen LogP contribution in [0.1, 0.15) is 21.5 Å². The second-order valence-electron chi connectivity index (χ2n) is 6.28. The first kappa shape index (κ1) is 25.0. The Bertz CT molecular complexity index is 1240. The minimum atomic E-state index is -4.67. The maximum Gasteiger partial charge on any atom is 0.394 e. The molecule has 0 saturated heterocycles. The van der Waals surface area contributed by atoms with Crippen molar-refractivity contribution >= 4 is 34.4 Å². The smallest absolute Gasteiger partial charge is 0.394 e. The Morgan fingerprint density at radius 2 is 1.27 bits per heavy atom. The minimum Gasteiger partial charge on any atom is -0.508 e. The third-order valence-electron chi connectivity index (χ3n) is 3.67. The summed E-state index contributed by atoms with van der Waals surface area (Å²) >= 11 is 0. The van der Waals surface area contributed by atoms with Crippen molar-refractivity contribution < 1.29 is 32.5 Å². The predicted octanol–water partition coefficient (Wildman–Crippen LogP) is 2.65. The van der Waals surface area contributed by atoms with E-state index in [-0.39, 0.29) is 17.4 Å². The summed E-state index contributed by atoms with van der Waals surface area (Å²) in [5.74, 6) is -0.0534. The molecule has 0 aromatic heterocycles. The standard InChI is InChI=1S/C21H18N4O3.H2O4S/c26-19-5-1-3-15(11-19)13-22-24-18-9-7-17(8-10-18)21(28)25-23-14-16-4-2-6-20(27)12-16;1-5(2,3)4/h1-14,24,26-27H,(H,25,28);(H2,1,2,3,4). The quantitative estimate of drug-likeness (QED) is 0.180. The molecule has 0 unspecified atom stereocenters. The first-order valence-electron chi connectivity index (χ1n) is 9.10. The fourth-order valence-corrected chi connectivity index (χ4v) is 2.32. The van der Waals surface area contributed by atoms with Crippen molar-refractivity contribution in [1.82, 2.24) is 5.43 Å². The van der Waals surface area contributed by atoms with Gasteiger partial charge in [-0.05, 0) is 59.7 Å². The number of carbonyl (C=O) groups excluding carboxylic acids is 1. The number of hydrogen-bond acceptors (Lipinski definition) is 8. The summed E-state index contributed by atoms with van der Waals surface area (Å²) in [6.07, 6.45) is 3.03. The van der Waals surface area contributed by atoms with Gasteiger partial charge in [-0.25, -0.2) is 5.43 Å². The molecule has 0 aliphatic carbocycles. The molecule has 0 bridgehead atoms. The molecular formula is C21H20N4O7S. The van der Waals surface area contributed by atoms with Gasteiger partial charge < -0.3 is 10.2 Å². The molecule has 12 heteroatoms. The molecule has 3 aromatic rings. The molecule has 0 aliphatic heterocycles. The lowest BCUT2D eigenvalue weighted by molar-refractivity contribution is 0.0955. The van der Waals surface area contributed by atoms with Crippen LogP contribution in [0.5, 0.6) is 11.5 Å². The highest BCUT2D eigenvalue weighted by molar-refractivity contribution is 7.79. The van der Waals surface area contributed by atoms with Crippen LogP contribution in [0, 0.1) is 0 Å². The molecule has 0 fully saturated rings. The van der Waals surface area contributed by atoms with Gasteiger partial charge in [0.05, 0.1) is 18.1 Å². The van der Waals surface area contributed by atoms with Gasteiger partial charge in [-0.1, -0.05) is 24.3 Å². The Kier molecular flexibility index (Phi) is 9.06. The lowest BCUT2D eigenvalue weighted by Crippen LogP contribution is -2.17. The number of aromatic hydroxyl groups is 2. The Labute approximate surface area is 189 Å². The highest BCUT2D eigenvalue weighted by Crippen LogP contribution is 2.12. The van der Waals surface area contributed by atoms with Crippen LogP contribution in [0.25, 0.3) is 0 Å². The predicted molar refractivity (Wildman–Crippen MR) is 123 cm³/mol. The van der Waals surface area contributed by atoms with Crippen LogP contribution in [-0.2, 0) is 10.4 Å². The SMILES string of the molecule is O=C(NN=Cc1cccc(O)c1)c1ccc(NN=Cc2cccc(O)c2)cc1.O=S(=O)(O)O. The van der Waals surface area contributed by atoms with Crippen molar-refractivity contribution in [2.75, 3.05) is 5.43 Å². The van der Waals surface area contributed by atoms with E-state index in [4.69, 9.17) is 17.5 Å². The second kappa shape index (κ2) is 12.0. The first-order chi connectivity index (χ1) is 15.6. The Morgan fingerprint density at radius 1 is 0.788 bits per heavy atom. The summed E-state index contributed by atoms with van der Waals surface area (Å²) in [6.45, 7) is 0. The Balaban J connectivity index is 0.000000696. The normalized spacial score (nSPS) is 11.1.